The number of carbonyl (C=O) groups is 1. The highest BCUT2D eigenvalue weighted by molar-refractivity contribution is 5.90. The number of nitrogens with two attached hydrogens (primary N) is 1. The highest BCUT2D eigenvalue weighted by atomic mass is 16.5. The van der Waals surface area contributed by atoms with E-state index in [4.69, 9.17) is 15.2 Å². The van der Waals surface area contributed by atoms with Crippen molar-refractivity contribution in [1.29, 1.82) is 0 Å². The minimum absolute atomic E-state index is 0.131. The molecule has 5 heteroatoms. The Morgan fingerprint density at radius 1 is 1.56 bits per heavy atom. The lowest BCUT2D eigenvalue weighted by molar-refractivity contribution is 0.0292. The van der Waals surface area contributed by atoms with Crippen molar-refractivity contribution in [3.8, 4) is 0 Å². The van der Waals surface area contributed by atoms with Crippen molar-refractivity contribution < 1.29 is 14.3 Å². The van der Waals surface area contributed by atoms with Gasteiger partial charge in [-0.1, -0.05) is 0 Å². The number of anilines is 1. The van der Waals surface area contributed by atoms with Gasteiger partial charge in [0.25, 0.3) is 0 Å². The lowest BCUT2D eigenvalue weighted by Crippen LogP contribution is -2.39. The second-order valence-corrected chi connectivity index (χ2v) is 4.36. The van der Waals surface area contributed by atoms with Crippen molar-refractivity contribution >= 4 is 11.7 Å². The fourth-order valence-corrected chi connectivity index (χ4v) is 2.09. The van der Waals surface area contributed by atoms with Crippen LogP contribution in [0.1, 0.15) is 15.9 Å². The molecule has 1 heterocycles. The molecule has 1 fully saturated rings. The lowest BCUT2D eigenvalue weighted by Gasteiger charge is -2.23. The largest absolute Gasteiger partial charge is 0.465 e. The van der Waals surface area contributed by atoms with Crippen LogP contribution in [0, 0.1) is 0 Å². The molecular weight excluding hydrogens is 232 g/mol. The molecule has 0 spiro atoms. The SMILES string of the molecule is COC(=O)c1cc(N)cc(CC2CNCCO2)c1. The number of esters is 1. The number of methoxy groups -OCH3 is 1. The zero-order chi connectivity index (χ0) is 13.0. The molecule has 0 bridgehead atoms. The van der Waals surface area contributed by atoms with Gasteiger partial charge in [-0.25, -0.2) is 4.79 Å². The molecule has 98 valence electrons. The maximum absolute atomic E-state index is 11.5. The average Bonchev–Trinajstić information content (AvgIpc) is 2.38. The first kappa shape index (κ1) is 12.9. The van der Waals surface area contributed by atoms with Gasteiger partial charge < -0.3 is 20.5 Å². The van der Waals surface area contributed by atoms with Crippen LogP contribution >= 0.6 is 0 Å². The predicted molar refractivity (Wildman–Crippen MR) is 68.5 cm³/mol. The molecular formula is C13H18N2O3. The summed E-state index contributed by atoms with van der Waals surface area (Å²) in [6, 6.07) is 5.29. The van der Waals surface area contributed by atoms with Gasteiger partial charge in [-0.2, -0.15) is 0 Å². The molecule has 3 N–H and O–H groups in total. The summed E-state index contributed by atoms with van der Waals surface area (Å²) in [7, 11) is 1.36. The summed E-state index contributed by atoms with van der Waals surface area (Å²) < 4.78 is 10.3. The lowest BCUT2D eigenvalue weighted by atomic mass is 10.0. The van der Waals surface area contributed by atoms with Gasteiger partial charge in [-0.3, -0.25) is 0 Å². The molecule has 1 unspecified atom stereocenters. The zero-order valence-electron chi connectivity index (χ0n) is 10.4. The van der Waals surface area contributed by atoms with Gasteiger partial charge >= 0.3 is 5.97 Å². The van der Waals surface area contributed by atoms with Crippen molar-refractivity contribution in [1.82, 2.24) is 5.32 Å². The first-order chi connectivity index (χ1) is 8.69. The third-order valence-electron chi connectivity index (χ3n) is 2.90. The van der Waals surface area contributed by atoms with Gasteiger partial charge in [-0.05, 0) is 30.2 Å². The van der Waals surface area contributed by atoms with Crippen LogP contribution in [-0.2, 0) is 15.9 Å². The Morgan fingerprint density at radius 2 is 2.39 bits per heavy atom. The van der Waals surface area contributed by atoms with Crippen LogP contribution in [0.15, 0.2) is 18.2 Å². The molecule has 1 aromatic carbocycles. The van der Waals surface area contributed by atoms with Gasteiger partial charge in [0.2, 0.25) is 0 Å². The Bertz CT molecular complexity index is 428. The Balaban J connectivity index is 2.11. The van der Waals surface area contributed by atoms with E-state index in [1.54, 1.807) is 12.1 Å². The summed E-state index contributed by atoms with van der Waals surface area (Å²) in [5.41, 5.74) is 7.83. The fourth-order valence-electron chi connectivity index (χ4n) is 2.09. The fraction of sp³-hybridized carbons (Fsp3) is 0.462. The van der Waals surface area contributed by atoms with Gasteiger partial charge in [0.05, 0.1) is 25.4 Å². The number of nitrogen functional groups attached to an aromatic ring is 1. The van der Waals surface area contributed by atoms with Crippen LogP contribution in [0.25, 0.3) is 0 Å². The van der Waals surface area contributed by atoms with E-state index in [-0.39, 0.29) is 12.1 Å². The molecule has 1 aliphatic heterocycles. The maximum Gasteiger partial charge on any atom is 0.337 e. The Labute approximate surface area is 106 Å². The van der Waals surface area contributed by atoms with Crippen molar-refractivity contribution in [2.75, 3.05) is 32.5 Å². The quantitative estimate of drug-likeness (QED) is 0.606. The molecule has 5 nitrogen and oxygen atoms in total. The van der Waals surface area contributed by atoms with Crippen molar-refractivity contribution in [2.24, 2.45) is 0 Å². The van der Waals surface area contributed by atoms with Gasteiger partial charge in [0.15, 0.2) is 0 Å². The van der Waals surface area contributed by atoms with Crippen molar-refractivity contribution in [3.05, 3.63) is 29.3 Å². The third-order valence-corrected chi connectivity index (χ3v) is 2.90. The number of morpholine rings is 1. The molecule has 0 aromatic heterocycles. The number of nitrogens with one attached hydrogen (secondary N) is 1. The first-order valence-corrected chi connectivity index (χ1v) is 5.99. The Kier molecular flexibility index (Phi) is 4.17. The minimum Gasteiger partial charge on any atom is -0.465 e. The molecule has 0 radical (unpaired) electrons. The normalized spacial score (nSPS) is 19.5. The van der Waals surface area contributed by atoms with Crippen LogP contribution in [0.4, 0.5) is 5.69 Å². The van der Waals surface area contributed by atoms with Gasteiger partial charge in [-0.15, -0.1) is 0 Å². The smallest absolute Gasteiger partial charge is 0.337 e. The summed E-state index contributed by atoms with van der Waals surface area (Å²) in [4.78, 5) is 11.5. The van der Waals surface area contributed by atoms with E-state index in [1.807, 2.05) is 6.07 Å². The topological polar surface area (TPSA) is 73.6 Å². The zero-order valence-corrected chi connectivity index (χ0v) is 10.4. The summed E-state index contributed by atoms with van der Waals surface area (Å²) >= 11 is 0. The van der Waals surface area contributed by atoms with E-state index >= 15 is 0 Å². The van der Waals surface area contributed by atoms with E-state index in [0.717, 1.165) is 31.7 Å². The maximum atomic E-state index is 11.5. The van der Waals surface area contributed by atoms with Crippen molar-refractivity contribution in [2.45, 2.75) is 12.5 Å². The molecule has 1 aliphatic rings. The third kappa shape index (κ3) is 3.21. The van der Waals surface area contributed by atoms with E-state index < -0.39 is 0 Å². The number of carbonyl (C=O) groups excluding carboxylic acids is 1. The number of benzene rings is 1. The monoisotopic (exact) mass is 250 g/mol. The molecule has 1 atom stereocenters. The van der Waals surface area contributed by atoms with Crippen LogP contribution in [0.3, 0.4) is 0 Å². The van der Waals surface area contributed by atoms with E-state index in [9.17, 15) is 4.79 Å². The average molecular weight is 250 g/mol. The molecule has 0 saturated carbocycles. The molecule has 18 heavy (non-hydrogen) atoms. The van der Waals surface area contributed by atoms with Gasteiger partial charge in [0, 0.05) is 18.8 Å². The second kappa shape index (κ2) is 5.84. The van der Waals surface area contributed by atoms with Gasteiger partial charge in [0.1, 0.15) is 0 Å². The van der Waals surface area contributed by atoms with Crippen LogP contribution in [0.2, 0.25) is 0 Å². The van der Waals surface area contributed by atoms with E-state index in [0.29, 0.717) is 11.3 Å². The molecule has 0 aliphatic carbocycles. The van der Waals surface area contributed by atoms with Crippen LogP contribution in [-0.4, -0.2) is 38.9 Å². The summed E-state index contributed by atoms with van der Waals surface area (Å²) in [5, 5.41) is 3.27. The van der Waals surface area contributed by atoms with Crippen molar-refractivity contribution in [3.63, 3.8) is 0 Å². The van der Waals surface area contributed by atoms with E-state index in [2.05, 4.69) is 5.32 Å². The highest BCUT2D eigenvalue weighted by Gasteiger charge is 2.15. The van der Waals surface area contributed by atoms with Crippen LogP contribution < -0.4 is 11.1 Å². The van der Waals surface area contributed by atoms with Crippen LogP contribution in [0.5, 0.6) is 0 Å². The standard InChI is InChI=1S/C13H18N2O3/c1-17-13(16)10-4-9(5-11(14)7-10)6-12-8-15-2-3-18-12/h4-5,7,12,15H,2-3,6,8,14H2,1H3. The highest BCUT2D eigenvalue weighted by Crippen LogP contribution is 2.16. The summed E-state index contributed by atoms with van der Waals surface area (Å²) in [6.45, 7) is 2.43. The molecule has 1 aromatic rings. The Morgan fingerprint density at radius 3 is 3.06 bits per heavy atom. The molecule has 2 rings (SSSR count). The molecule has 0 amide bonds. The number of ether oxygens (including phenoxy) is 2. The first-order valence-electron chi connectivity index (χ1n) is 5.99. The minimum atomic E-state index is -0.369. The Hall–Kier alpha value is -1.59. The second-order valence-electron chi connectivity index (χ2n) is 4.36. The number of rotatable bonds is 3. The number of hydrogen-bond acceptors (Lipinski definition) is 5. The summed E-state index contributed by atoms with van der Waals surface area (Å²) in [6.07, 6.45) is 0.869. The summed E-state index contributed by atoms with van der Waals surface area (Å²) in [5.74, 6) is -0.369. The number of hydrogen-bond donors (Lipinski definition) is 2. The van der Waals surface area contributed by atoms with E-state index in [1.165, 1.54) is 7.11 Å². The predicted octanol–water partition coefficient (Wildman–Crippen LogP) is 0.586. The molecule has 1 saturated heterocycles.